The molecule has 0 atom stereocenters. The Kier molecular flexibility index (Phi) is 9.30. The van der Waals surface area contributed by atoms with Crippen molar-refractivity contribution in [1.29, 1.82) is 0 Å². The highest BCUT2D eigenvalue weighted by atomic mass is 127. The summed E-state index contributed by atoms with van der Waals surface area (Å²) >= 11 is 0. The van der Waals surface area contributed by atoms with Gasteiger partial charge < -0.3 is 20.4 Å². The largest absolute Gasteiger partial charge is 0.375 e. The molecule has 0 spiro atoms. The van der Waals surface area contributed by atoms with Crippen LogP contribution in [0.3, 0.4) is 0 Å². The van der Waals surface area contributed by atoms with E-state index >= 15 is 0 Å². The Morgan fingerprint density at radius 1 is 1.00 bits per heavy atom. The minimum Gasteiger partial charge on any atom is -0.375 e. The summed E-state index contributed by atoms with van der Waals surface area (Å²) in [5.74, 6) is 0.802. The zero-order valence-electron chi connectivity index (χ0n) is 16.5. The highest BCUT2D eigenvalue weighted by molar-refractivity contribution is 14.0. The first-order valence-electron chi connectivity index (χ1n) is 9.40. The second-order valence-corrected chi connectivity index (χ2v) is 6.49. The Labute approximate surface area is 184 Å². The lowest BCUT2D eigenvalue weighted by Gasteiger charge is -2.12. The van der Waals surface area contributed by atoms with E-state index in [2.05, 4.69) is 63.9 Å². The Balaban J connectivity index is 0.00000280. The highest BCUT2D eigenvalue weighted by Crippen LogP contribution is 2.21. The van der Waals surface area contributed by atoms with Crippen molar-refractivity contribution in [2.45, 2.75) is 20.0 Å². The van der Waals surface area contributed by atoms with Gasteiger partial charge in [0.1, 0.15) is 0 Å². The number of nitrogens with zero attached hydrogens (tertiary/aromatic N) is 1. The monoisotopic (exact) mass is 492 g/mol. The number of guanidine groups is 1. The van der Waals surface area contributed by atoms with Gasteiger partial charge in [-0.25, -0.2) is 0 Å². The standard InChI is InChI=1S/C22H28N4O.HI/c1-17-19(20-10-6-7-11-21(20)26-17)12-13-24-22(23-2)25-14-15-27-16-18-8-4-3-5-9-18;/h3-11,26H,12-16H2,1-2H3,(H2,23,24,25);1H. The molecule has 0 saturated heterocycles. The molecule has 28 heavy (non-hydrogen) atoms. The average Bonchev–Trinajstić information content (AvgIpc) is 3.02. The summed E-state index contributed by atoms with van der Waals surface area (Å²) < 4.78 is 5.69. The van der Waals surface area contributed by atoms with Gasteiger partial charge in [-0.05, 0) is 30.5 Å². The molecule has 0 fully saturated rings. The number of fused-ring (bicyclic) bond motifs is 1. The molecule has 0 aliphatic heterocycles. The van der Waals surface area contributed by atoms with Crippen LogP contribution in [0.15, 0.2) is 59.6 Å². The van der Waals surface area contributed by atoms with Crippen molar-refractivity contribution >= 4 is 40.8 Å². The van der Waals surface area contributed by atoms with E-state index in [0.29, 0.717) is 13.2 Å². The SMILES string of the molecule is CN=C(NCCOCc1ccccc1)NCCc1c(C)[nH]c2ccccc12.I. The van der Waals surface area contributed by atoms with Gasteiger partial charge in [0.05, 0.1) is 13.2 Å². The smallest absolute Gasteiger partial charge is 0.191 e. The van der Waals surface area contributed by atoms with Crippen LogP contribution in [0.2, 0.25) is 0 Å². The Morgan fingerprint density at radius 2 is 1.71 bits per heavy atom. The molecule has 1 heterocycles. The molecule has 0 bridgehead atoms. The predicted octanol–water partition coefficient (Wildman–Crippen LogP) is 4.02. The number of hydrogen-bond donors (Lipinski definition) is 3. The van der Waals surface area contributed by atoms with Gasteiger partial charge in [0.25, 0.3) is 0 Å². The molecule has 0 saturated carbocycles. The summed E-state index contributed by atoms with van der Waals surface area (Å²) in [6.07, 6.45) is 0.945. The fourth-order valence-electron chi connectivity index (χ4n) is 3.19. The van der Waals surface area contributed by atoms with Crippen molar-refractivity contribution < 1.29 is 4.74 Å². The number of ether oxygens (including phenoxy) is 1. The summed E-state index contributed by atoms with van der Waals surface area (Å²) in [5, 5.41) is 7.97. The van der Waals surface area contributed by atoms with Crippen molar-refractivity contribution in [3.05, 3.63) is 71.4 Å². The molecule has 1 aromatic heterocycles. The van der Waals surface area contributed by atoms with Crippen LogP contribution in [-0.2, 0) is 17.8 Å². The highest BCUT2D eigenvalue weighted by Gasteiger charge is 2.07. The van der Waals surface area contributed by atoms with Gasteiger partial charge in [0.15, 0.2) is 5.96 Å². The first-order valence-corrected chi connectivity index (χ1v) is 9.40. The molecule has 2 aromatic carbocycles. The molecule has 150 valence electrons. The maximum absolute atomic E-state index is 5.69. The zero-order valence-corrected chi connectivity index (χ0v) is 18.8. The van der Waals surface area contributed by atoms with E-state index in [9.17, 15) is 0 Å². The number of nitrogens with one attached hydrogen (secondary N) is 3. The Morgan fingerprint density at radius 3 is 2.50 bits per heavy atom. The third-order valence-corrected chi connectivity index (χ3v) is 4.57. The number of aromatic amines is 1. The zero-order chi connectivity index (χ0) is 18.9. The lowest BCUT2D eigenvalue weighted by Crippen LogP contribution is -2.39. The molecule has 5 nitrogen and oxygen atoms in total. The van der Waals surface area contributed by atoms with Crippen molar-refractivity contribution in [2.24, 2.45) is 4.99 Å². The first kappa shape index (κ1) is 22.2. The van der Waals surface area contributed by atoms with Crippen LogP contribution in [0, 0.1) is 6.92 Å². The van der Waals surface area contributed by atoms with Crippen LogP contribution in [0.4, 0.5) is 0 Å². The van der Waals surface area contributed by atoms with Gasteiger partial charge in [-0.2, -0.15) is 0 Å². The van der Waals surface area contributed by atoms with Gasteiger partial charge in [-0.1, -0.05) is 48.5 Å². The third kappa shape index (κ3) is 6.24. The fourth-order valence-corrected chi connectivity index (χ4v) is 3.19. The van der Waals surface area contributed by atoms with Crippen LogP contribution < -0.4 is 10.6 Å². The molecule has 0 radical (unpaired) electrons. The lowest BCUT2D eigenvalue weighted by atomic mass is 10.1. The quantitative estimate of drug-likeness (QED) is 0.193. The van der Waals surface area contributed by atoms with Crippen molar-refractivity contribution in [1.82, 2.24) is 15.6 Å². The van der Waals surface area contributed by atoms with Gasteiger partial charge in [-0.15, -0.1) is 24.0 Å². The van der Waals surface area contributed by atoms with E-state index in [1.165, 1.54) is 27.7 Å². The van der Waals surface area contributed by atoms with E-state index in [1.54, 1.807) is 7.05 Å². The minimum atomic E-state index is 0. The second-order valence-electron chi connectivity index (χ2n) is 6.49. The number of rotatable bonds is 8. The summed E-state index contributed by atoms with van der Waals surface area (Å²) in [6, 6.07) is 18.6. The topological polar surface area (TPSA) is 61.4 Å². The molecular weight excluding hydrogens is 463 g/mol. The lowest BCUT2D eigenvalue weighted by molar-refractivity contribution is 0.125. The van der Waals surface area contributed by atoms with Crippen LogP contribution in [0.1, 0.15) is 16.8 Å². The van der Waals surface area contributed by atoms with Gasteiger partial charge >= 0.3 is 0 Å². The average molecular weight is 492 g/mol. The van der Waals surface area contributed by atoms with Gasteiger partial charge in [0.2, 0.25) is 0 Å². The van der Waals surface area contributed by atoms with Crippen molar-refractivity contribution in [3.8, 4) is 0 Å². The van der Waals surface area contributed by atoms with E-state index < -0.39 is 0 Å². The van der Waals surface area contributed by atoms with Crippen molar-refractivity contribution in [3.63, 3.8) is 0 Å². The summed E-state index contributed by atoms with van der Waals surface area (Å²) in [5.41, 5.74) is 4.98. The first-order chi connectivity index (χ1) is 13.3. The van der Waals surface area contributed by atoms with Gasteiger partial charge in [0, 0.05) is 36.7 Å². The summed E-state index contributed by atoms with van der Waals surface area (Å²) in [7, 11) is 1.79. The van der Waals surface area contributed by atoms with E-state index in [-0.39, 0.29) is 24.0 Å². The van der Waals surface area contributed by atoms with Crippen LogP contribution in [0.25, 0.3) is 10.9 Å². The number of H-pyrrole nitrogens is 1. The van der Waals surface area contributed by atoms with Crippen LogP contribution >= 0.6 is 24.0 Å². The second kappa shape index (κ2) is 11.7. The number of hydrogen-bond acceptors (Lipinski definition) is 2. The molecule has 3 rings (SSSR count). The summed E-state index contributed by atoms with van der Waals surface area (Å²) in [6.45, 7) is 4.95. The maximum Gasteiger partial charge on any atom is 0.191 e. The number of benzene rings is 2. The fraction of sp³-hybridized carbons (Fsp3) is 0.318. The Hall–Kier alpha value is -2.06. The molecule has 0 unspecified atom stereocenters. The molecular formula is C22H29IN4O. The molecule has 0 aliphatic carbocycles. The van der Waals surface area contributed by atoms with E-state index in [1.807, 2.05) is 18.2 Å². The van der Waals surface area contributed by atoms with Crippen molar-refractivity contribution in [2.75, 3.05) is 26.7 Å². The molecule has 3 aromatic rings. The Bertz CT molecular complexity index is 877. The van der Waals surface area contributed by atoms with Crippen LogP contribution in [-0.4, -0.2) is 37.7 Å². The van der Waals surface area contributed by atoms with E-state index in [0.717, 1.165) is 25.5 Å². The molecule has 0 amide bonds. The minimum absolute atomic E-state index is 0. The number of para-hydroxylation sites is 1. The predicted molar refractivity (Wildman–Crippen MR) is 128 cm³/mol. The maximum atomic E-state index is 5.69. The molecule has 6 heteroatoms. The number of aliphatic imine (C=N–C) groups is 1. The number of halogens is 1. The number of aromatic nitrogens is 1. The normalized spacial score (nSPS) is 11.3. The van der Waals surface area contributed by atoms with E-state index in [4.69, 9.17) is 4.74 Å². The van der Waals surface area contributed by atoms with Gasteiger partial charge in [-0.3, -0.25) is 4.99 Å². The summed E-state index contributed by atoms with van der Waals surface area (Å²) in [4.78, 5) is 7.73. The van der Waals surface area contributed by atoms with Crippen LogP contribution in [0.5, 0.6) is 0 Å². The molecule has 0 aliphatic rings. The third-order valence-electron chi connectivity index (χ3n) is 4.57. The molecule has 3 N–H and O–H groups in total. The number of aryl methyl sites for hydroxylation is 1.